The molecule has 0 aliphatic heterocycles. The number of pyridine rings is 1. The molecular formula is C21H20N8O2. The van der Waals surface area contributed by atoms with Crippen LogP contribution in [-0.2, 0) is 0 Å². The van der Waals surface area contributed by atoms with E-state index in [-0.39, 0.29) is 5.69 Å². The Hall–Kier alpha value is -4.34. The quantitative estimate of drug-likeness (QED) is 0.225. The Morgan fingerprint density at radius 2 is 1.81 bits per heavy atom. The third-order valence-electron chi connectivity index (χ3n) is 4.54. The molecule has 0 spiro atoms. The second-order valence-corrected chi connectivity index (χ2v) is 6.77. The SMILES string of the molecule is Cc1ccc(-c2nc(NCCNc3ccc([N+](=O)[O-])cn3)ncc2-c2ncc[nH]2)cc1. The highest BCUT2D eigenvalue weighted by Gasteiger charge is 2.13. The van der Waals surface area contributed by atoms with Crippen LogP contribution in [0.3, 0.4) is 0 Å². The van der Waals surface area contributed by atoms with Crippen LogP contribution in [0.4, 0.5) is 17.5 Å². The molecule has 4 rings (SSSR count). The predicted molar refractivity (Wildman–Crippen MR) is 118 cm³/mol. The maximum Gasteiger partial charge on any atom is 0.287 e. The van der Waals surface area contributed by atoms with Gasteiger partial charge in [0.15, 0.2) is 0 Å². The lowest BCUT2D eigenvalue weighted by Crippen LogP contribution is -2.16. The second kappa shape index (κ2) is 8.99. The van der Waals surface area contributed by atoms with Crippen LogP contribution in [0.15, 0.2) is 61.2 Å². The minimum atomic E-state index is -0.478. The molecule has 0 radical (unpaired) electrons. The summed E-state index contributed by atoms with van der Waals surface area (Å²) in [6, 6.07) is 11.1. The van der Waals surface area contributed by atoms with Gasteiger partial charge in [0.05, 0.1) is 16.2 Å². The molecule has 4 aromatic rings. The molecule has 10 nitrogen and oxygen atoms in total. The number of aromatic amines is 1. The fourth-order valence-electron chi connectivity index (χ4n) is 2.95. The number of nitrogens with zero attached hydrogens (tertiary/aromatic N) is 5. The van der Waals surface area contributed by atoms with Crippen LogP contribution in [-0.4, -0.2) is 42.9 Å². The van der Waals surface area contributed by atoms with Crippen molar-refractivity contribution in [1.82, 2.24) is 24.9 Å². The van der Waals surface area contributed by atoms with E-state index in [0.717, 1.165) is 16.8 Å². The Morgan fingerprint density at radius 3 is 2.48 bits per heavy atom. The summed E-state index contributed by atoms with van der Waals surface area (Å²) in [5.41, 5.74) is 3.68. The zero-order chi connectivity index (χ0) is 21.6. The van der Waals surface area contributed by atoms with Crippen LogP contribution in [0.5, 0.6) is 0 Å². The van der Waals surface area contributed by atoms with E-state index < -0.39 is 4.92 Å². The fraction of sp³-hybridized carbons (Fsp3) is 0.143. The van der Waals surface area contributed by atoms with Crippen LogP contribution in [0.1, 0.15) is 5.56 Å². The first-order valence-corrected chi connectivity index (χ1v) is 9.62. The highest BCUT2D eigenvalue weighted by Crippen LogP contribution is 2.28. The number of hydrogen-bond acceptors (Lipinski definition) is 8. The molecule has 0 aliphatic rings. The van der Waals surface area contributed by atoms with E-state index in [2.05, 4.69) is 30.6 Å². The molecule has 3 N–H and O–H groups in total. The Bertz CT molecular complexity index is 1160. The molecule has 3 aromatic heterocycles. The van der Waals surface area contributed by atoms with Crippen molar-refractivity contribution in [2.75, 3.05) is 23.7 Å². The Balaban J connectivity index is 1.45. The first-order valence-electron chi connectivity index (χ1n) is 9.62. The number of hydrogen-bond donors (Lipinski definition) is 3. The molecule has 10 heteroatoms. The monoisotopic (exact) mass is 416 g/mol. The van der Waals surface area contributed by atoms with E-state index >= 15 is 0 Å². The number of anilines is 2. The number of aryl methyl sites for hydroxylation is 1. The molecule has 0 bridgehead atoms. The summed E-state index contributed by atoms with van der Waals surface area (Å²) < 4.78 is 0. The van der Waals surface area contributed by atoms with Gasteiger partial charge in [-0.05, 0) is 13.0 Å². The van der Waals surface area contributed by atoms with Gasteiger partial charge >= 0.3 is 0 Å². The van der Waals surface area contributed by atoms with Crippen molar-refractivity contribution in [2.45, 2.75) is 6.92 Å². The number of benzene rings is 1. The Morgan fingerprint density at radius 1 is 1.00 bits per heavy atom. The first kappa shape index (κ1) is 20.0. The Kier molecular flexibility index (Phi) is 5.79. The summed E-state index contributed by atoms with van der Waals surface area (Å²) >= 11 is 0. The Labute approximate surface area is 178 Å². The molecule has 0 fully saturated rings. The van der Waals surface area contributed by atoms with Gasteiger partial charge in [0.1, 0.15) is 17.8 Å². The molecule has 0 saturated carbocycles. The van der Waals surface area contributed by atoms with Gasteiger partial charge in [-0.2, -0.15) is 0 Å². The van der Waals surface area contributed by atoms with Gasteiger partial charge in [-0.3, -0.25) is 10.1 Å². The summed E-state index contributed by atoms with van der Waals surface area (Å²) in [6.07, 6.45) is 6.42. The van der Waals surface area contributed by atoms with Crippen molar-refractivity contribution in [3.63, 3.8) is 0 Å². The molecule has 31 heavy (non-hydrogen) atoms. The second-order valence-electron chi connectivity index (χ2n) is 6.77. The maximum atomic E-state index is 10.7. The molecule has 0 atom stereocenters. The van der Waals surface area contributed by atoms with Crippen LogP contribution >= 0.6 is 0 Å². The highest BCUT2D eigenvalue weighted by molar-refractivity contribution is 5.77. The number of imidazole rings is 1. The lowest BCUT2D eigenvalue weighted by Gasteiger charge is -2.11. The lowest BCUT2D eigenvalue weighted by atomic mass is 10.1. The summed E-state index contributed by atoms with van der Waals surface area (Å²) in [4.78, 5) is 30.8. The summed E-state index contributed by atoms with van der Waals surface area (Å²) in [7, 11) is 0. The van der Waals surface area contributed by atoms with Crippen molar-refractivity contribution in [3.05, 3.63) is 76.9 Å². The van der Waals surface area contributed by atoms with Gasteiger partial charge in [0.2, 0.25) is 5.95 Å². The van der Waals surface area contributed by atoms with E-state index in [1.807, 2.05) is 31.2 Å². The van der Waals surface area contributed by atoms with Gasteiger partial charge in [0.25, 0.3) is 5.69 Å². The summed E-state index contributed by atoms with van der Waals surface area (Å²) in [5.74, 6) is 1.75. The van der Waals surface area contributed by atoms with Gasteiger partial charge in [-0.25, -0.2) is 19.9 Å². The van der Waals surface area contributed by atoms with Gasteiger partial charge in [-0.1, -0.05) is 29.8 Å². The average molecular weight is 416 g/mol. The van der Waals surface area contributed by atoms with Crippen LogP contribution in [0.2, 0.25) is 0 Å². The topological polar surface area (TPSA) is 135 Å². The molecule has 156 valence electrons. The van der Waals surface area contributed by atoms with Crippen LogP contribution in [0, 0.1) is 17.0 Å². The normalized spacial score (nSPS) is 10.6. The minimum Gasteiger partial charge on any atom is -0.368 e. The first-order chi connectivity index (χ1) is 15.1. The van der Waals surface area contributed by atoms with Gasteiger partial charge < -0.3 is 15.6 Å². The number of rotatable bonds is 8. The number of nitro groups is 1. The average Bonchev–Trinajstić information content (AvgIpc) is 3.32. The van der Waals surface area contributed by atoms with E-state index in [1.165, 1.54) is 17.8 Å². The molecule has 3 heterocycles. The minimum absolute atomic E-state index is 0.0441. The van der Waals surface area contributed by atoms with Crippen molar-refractivity contribution < 1.29 is 4.92 Å². The molecule has 0 unspecified atom stereocenters. The number of nitrogens with one attached hydrogen (secondary N) is 3. The lowest BCUT2D eigenvalue weighted by molar-refractivity contribution is -0.385. The smallest absolute Gasteiger partial charge is 0.287 e. The fourth-order valence-corrected chi connectivity index (χ4v) is 2.95. The summed E-state index contributed by atoms with van der Waals surface area (Å²) in [5, 5.41) is 17.0. The molecule has 0 aliphatic carbocycles. The van der Waals surface area contributed by atoms with E-state index in [4.69, 9.17) is 4.98 Å². The van der Waals surface area contributed by atoms with Crippen LogP contribution in [0.25, 0.3) is 22.6 Å². The van der Waals surface area contributed by atoms with Gasteiger partial charge in [-0.15, -0.1) is 0 Å². The standard InChI is InChI=1S/C21H20N8O2/c1-14-2-4-15(5-3-14)19-17(20-23-9-10-24-20)13-27-21(28-19)25-11-8-22-18-7-6-16(12-26-18)29(30)31/h2-7,9-10,12-13H,8,11H2,1H3,(H,22,26)(H,23,24)(H,25,27,28). The maximum absolute atomic E-state index is 10.7. The predicted octanol–water partition coefficient (Wildman–Crippen LogP) is 3.67. The van der Waals surface area contributed by atoms with Crippen molar-refractivity contribution >= 4 is 17.5 Å². The van der Waals surface area contributed by atoms with E-state index in [0.29, 0.717) is 30.7 Å². The molecular weight excluding hydrogens is 396 g/mol. The summed E-state index contributed by atoms with van der Waals surface area (Å²) in [6.45, 7) is 3.11. The van der Waals surface area contributed by atoms with E-state index in [9.17, 15) is 10.1 Å². The largest absolute Gasteiger partial charge is 0.368 e. The zero-order valence-electron chi connectivity index (χ0n) is 16.7. The number of H-pyrrole nitrogens is 1. The third kappa shape index (κ3) is 4.81. The molecule has 0 amide bonds. The third-order valence-corrected chi connectivity index (χ3v) is 4.54. The molecule has 1 aromatic carbocycles. The highest BCUT2D eigenvalue weighted by atomic mass is 16.6. The van der Waals surface area contributed by atoms with Crippen molar-refractivity contribution in [3.8, 4) is 22.6 Å². The van der Waals surface area contributed by atoms with E-state index in [1.54, 1.807) is 24.7 Å². The number of aromatic nitrogens is 5. The van der Waals surface area contributed by atoms with Crippen LogP contribution < -0.4 is 10.6 Å². The van der Waals surface area contributed by atoms with Crippen molar-refractivity contribution in [1.29, 1.82) is 0 Å². The van der Waals surface area contributed by atoms with Gasteiger partial charge in [0, 0.05) is 43.3 Å². The zero-order valence-corrected chi connectivity index (χ0v) is 16.7. The molecule has 0 saturated heterocycles. The van der Waals surface area contributed by atoms with Crippen molar-refractivity contribution in [2.24, 2.45) is 0 Å².